The smallest absolute Gasteiger partial charge is 0.262 e. The van der Waals surface area contributed by atoms with Crippen LogP contribution in [0.4, 0.5) is 5.69 Å². The molecule has 1 saturated heterocycles. The Morgan fingerprint density at radius 2 is 2.04 bits per heavy atom. The number of hydrogen-bond donors (Lipinski definition) is 2. The fourth-order valence-corrected chi connectivity index (χ4v) is 3.65. The van der Waals surface area contributed by atoms with Crippen molar-refractivity contribution in [3.8, 4) is 0 Å². The second kappa shape index (κ2) is 8.79. The average Bonchev–Trinajstić information content (AvgIpc) is 2.66. The predicted molar refractivity (Wildman–Crippen MR) is 108 cm³/mol. The number of anilines is 1. The highest BCUT2D eigenvalue weighted by Gasteiger charge is 2.14. The van der Waals surface area contributed by atoms with Gasteiger partial charge in [0, 0.05) is 18.8 Å². The summed E-state index contributed by atoms with van der Waals surface area (Å²) in [7, 11) is 2.17. The van der Waals surface area contributed by atoms with E-state index in [4.69, 9.17) is 17.0 Å². The number of quaternary nitrogens is 1. The first-order chi connectivity index (χ1) is 12.6. The summed E-state index contributed by atoms with van der Waals surface area (Å²) in [4.78, 5) is 19.9. The Morgan fingerprint density at radius 1 is 1.27 bits per heavy atom. The van der Waals surface area contributed by atoms with Gasteiger partial charge in [-0.1, -0.05) is 13.3 Å². The molecule has 0 radical (unpaired) electrons. The summed E-state index contributed by atoms with van der Waals surface area (Å²) >= 11 is 5.44. The number of nitrogens with one attached hydrogen (secondary N) is 2. The molecule has 2 N–H and O–H groups in total. The summed E-state index contributed by atoms with van der Waals surface area (Å²) in [5, 5.41) is 0.703. The second-order valence-electron chi connectivity index (χ2n) is 7.03. The Balaban J connectivity index is 1.86. The lowest BCUT2D eigenvalue weighted by molar-refractivity contribution is -0.880. The van der Waals surface area contributed by atoms with Crippen molar-refractivity contribution < 1.29 is 9.64 Å². The maximum absolute atomic E-state index is 13.0. The van der Waals surface area contributed by atoms with Crippen LogP contribution in [-0.2, 0) is 11.3 Å². The normalized spacial score (nSPS) is 16.2. The molecule has 1 aromatic carbocycles. The number of aromatic nitrogens is 2. The standard InChI is InChI=1S/C19H28N4O2S/c1-3-4-7-21(2)8-9-23-18(24)16-14-15(22-10-12-25-13-11-22)5-6-17(16)20-19(23)26/h5-6,14H,3-4,7-13H2,1-2H3,(H,20,26)/p+1. The van der Waals surface area contributed by atoms with Gasteiger partial charge in [-0.3, -0.25) is 9.36 Å². The zero-order valence-corrected chi connectivity index (χ0v) is 16.5. The Kier molecular flexibility index (Phi) is 6.45. The Labute approximate surface area is 159 Å². The van der Waals surface area contributed by atoms with E-state index in [9.17, 15) is 4.79 Å². The van der Waals surface area contributed by atoms with Gasteiger partial charge in [0.1, 0.15) is 0 Å². The van der Waals surface area contributed by atoms with Crippen molar-refractivity contribution in [2.75, 3.05) is 51.3 Å². The van der Waals surface area contributed by atoms with E-state index in [1.165, 1.54) is 17.7 Å². The van der Waals surface area contributed by atoms with Crippen LogP contribution in [0.2, 0.25) is 0 Å². The zero-order valence-electron chi connectivity index (χ0n) is 15.7. The van der Waals surface area contributed by atoms with Crippen LogP contribution in [0.15, 0.2) is 23.0 Å². The molecule has 1 aliphatic heterocycles. The largest absolute Gasteiger partial charge is 0.378 e. The predicted octanol–water partition coefficient (Wildman–Crippen LogP) is 1.21. The highest BCUT2D eigenvalue weighted by atomic mass is 32.1. The van der Waals surface area contributed by atoms with E-state index in [0.717, 1.165) is 50.6 Å². The first-order valence-corrected chi connectivity index (χ1v) is 9.92. The number of ether oxygens (including phenoxy) is 1. The molecule has 1 aromatic heterocycles. The molecule has 7 heteroatoms. The number of likely N-dealkylation sites (N-methyl/N-ethyl adjacent to an activating group) is 1. The minimum Gasteiger partial charge on any atom is -0.378 e. The van der Waals surface area contributed by atoms with Crippen molar-refractivity contribution in [2.45, 2.75) is 26.3 Å². The fraction of sp³-hybridized carbons (Fsp3) is 0.579. The van der Waals surface area contributed by atoms with Crippen molar-refractivity contribution >= 4 is 28.8 Å². The topological polar surface area (TPSA) is 54.7 Å². The Hall–Kier alpha value is -1.70. The molecule has 6 nitrogen and oxygen atoms in total. The molecule has 0 aliphatic carbocycles. The van der Waals surface area contributed by atoms with Gasteiger partial charge in [0.15, 0.2) is 4.77 Å². The van der Waals surface area contributed by atoms with Gasteiger partial charge in [0.25, 0.3) is 5.56 Å². The summed E-state index contributed by atoms with van der Waals surface area (Å²) in [6.07, 6.45) is 2.39. The maximum atomic E-state index is 13.0. The number of morpholine rings is 1. The molecule has 1 fully saturated rings. The van der Waals surface area contributed by atoms with Crippen molar-refractivity contribution in [1.29, 1.82) is 0 Å². The van der Waals surface area contributed by atoms with Crippen LogP contribution in [0, 0.1) is 4.77 Å². The highest BCUT2D eigenvalue weighted by molar-refractivity contribution is 7.71. The van der Waals surface area contributed by atoms with E-state index in [1.54, 1.807) is 4.57 Å². The molecule has 2 heterocycles. The zero-order chi connectivity index (χ0) is 18.5. The lowest BCUT2D eigenvalue weighted by Crippen LogP contribution is -3.09. The third-order valence-corrected chi connectivity index (χ3v) is 5.38. The lowest BCUT2D eigenvalue weighted by Gasteiger charge is -2.29. The van der Waals surface area contributed by atoms with Crippen LogP contribution in [0.3, 0.4) is 0 Å². The number of hydrogen-bond acceptors (Lipinski definition) is 4. The summed E-state index contributed by atoms with van der Waals surface area (Å²) in [6.45, 7) is 8.02. The van der Waals surface area contributed by atoms with Gasteiger partial charge in [-0.25, -0.2) is 0 Å². The monoisotopic (exact) mass is 377 g/mol. The minimum absolute atomic E-state index is 0.00199. The summed E-state index contributed by atoms with van der Waals surface area (Å²) < 4.78 is 7.63. The van der Waals surface area contributed by atoms with Gasteiger partial charge >= 0.3 is 0 Å². The highest BCUT2D eigenvalue weighted by Crippen LogP contribution is 2.20. The number of benzene rings is 1. The third-order valence-electron chi connectivity index (χ3n) is 5.06. The maximum Gasteiger partial charge on any atom is 0.262 e. The van der Waals surface area contributed by atoms with E-state index >= 15 is 0 Å². The third kappa shape index (κ3) is 4.34. The van der Waals surface area contributed by atoms with Crippen LogP contribution < -0.4 is 15.4 Å². The van der Waals surface area contributed by atoms with Crippen LogP contribution in [-0.4, -0.2) is 56.0 Å². The molecule has 26 heavy (non-hydrogen) atoms. The quantitative estimate of drug-likeness (QED) is 0.713. The van der Waals surface area contributed by atoms with Crippen molar-refractivity contribution in [2.24, 2.45) is 0 Å². The van der Waals surface area contributed by atoms with E-state index < -0.39 is 0 Å². The van der Waals surface area contributed by atoms with Gasteiger partial charge in [0.05, 0.1) is 50.8 Å². The van der Waals surface area contributed by atoms with E-state index in [-0.39, 0.29) is 5.56 Å². The first-order valence-electron chi connectivity index (χ1n) is 9.51. The molecule has 3 rings (SSSR count). The molecule has 2 aromatic rings. The van der Waals surface area contributed by atoms with E-state index in [0.29, 0.717) is 16.7 Å². The SMILES string of the molecule is CCCC[NH+](C)CCn1c(=S)[nH]c2ccc(N3CCOCC3)cc2c1=O. The van der Waals surface area contributed by atoms with Gasteiger partial charge in [-0.2, -0.15) is 0 Å². The number of H-pyrrole nitrogens is 1. The van der Waals surface area contributed by atoms with Crippen molar-refractivity contribution in [3.63, 3.8) is 0 Å². The molecule has 0 amide bonds. The number of unbranched alkanes of at least 4 members (excludes halogenated alkanes) is 1. The summed E-state index contributed by atoms with van der Waals surface area (Å²) in [5.41, 5.74) is 1.88. The van der Waals surface area contributed by atoms with E-state index in [1.807, 2.05) is 18.2 Å². The first kappa shape index (κ1) is 19.1. The van der Waals surface area contributed by atoms with Gasteiger partial charge in [-0.15, -0.1) is 0 Å². The molecule has 1 unspecified atom stereocenters. The fourth-order valence-electron chi connectivity index (χ4n) is 3.37. The molecular weight excluding hydrogens is 348 g/mol. The number of nitrogens with zero attached hydrogens (tertiary/aromatic N) is 2. The lowest BCUT2D eigenvalue weighted by atomic mass is 10.2. The van der Waals surface area contributed by atoms with Crippen LogP contribution in [0.25, 0.3) is 10.9 Å². The molecule has 1 atom stereocenters. The van der Waals surface area contributed by atoms with Crippen LogP contribution >= 0.6 is 12.2 Å². The van der Waals surface area contributed by atoms with Crippen molar-refractivity contribution in [3.05, 3.63) is 33.3 Å². The molecule has 0 spiro atoms. The van der Waals surface area contributed by atoms with Gasteiger partial charge < -0.3 is 19.5 Å². The summed E-state index contributed by atoms with van der Waals surface area (Å²) in [5.74, 6) is 0. The molecular formula is C19H29N4O2S+. The van der Waals surface area contributed by atoms with Crippen molar-refractivity contribution in [1.82, 2.24) is 9.55 Å². The molecule has 0 saturated carbocycles. The Morgan fingerprint density at radius 3 is 2.77 bits per heavy atom. The second-order valence-corrected chi connectivity index (χ2v) is 7.41. The molecule has 0 bridgehead atoms. The number of aromatic amines is 1. The minimum atomic E-state index is 0.00199. The van der Waals surface area contributed by atoms with E-state index in [2.05, 4.69) is 23.9 Å². The van der Waals surface area contributed by atoms with Gasteiger partial charge in [-0.05, 0) is 36.8 Å². The van der Waals surface area contributed by atoms with Crippen LogP contribution in [0.5, 0.6) is 0 Å². The molecule has 142 valence electrons. The van der Waals surface area contributed by atoms with Gasteiger partial charge in [0.2, 0.25) is 0 Å². The van der Waals surface area contributed by atoms with Crippen LogP contribution in [0.1, 0.15) is 19.8 Å². The summed E-state index contributed by atoms with van der Waals surface area (Å²) in [6, 6.07) is 5.99. The average molecular weight is 378 g/mol. The molecule has 1 aliphatic rings. The Bertz CT molecular complexity index is 855. The number of fused-ring (bicyclic) bond motifs is 1. The number of rotatable bonds is 7.